The minimum Gasteiger partial charge on any atom is -0.322 e. The molecule has 0 saturated heterocycles. The lowest BCUT2D eigenvalue weighted by atomic mass is 10.1. The van der Waals surface area contributed by atoms with Crippen molar-refractivity contribution < 1.29 is 4.79 Å². The average molecular weight is 361 g/mol. The van der Waals surface area contributed by atoms with Gasteiger partial charge in [-0.1, -0.05) is 30.3 Å². The number of tetrazole rings is 1. The first kappa shape index (κ1) is 16.2. The van der Waals surface area contributed by atoms with Crippen LogP contribution in [0.25, 0.3) is 11.4 Å². The van der Waals surface area contributed by atoms with Crippen molar-refractivity contribution in [1.29, 1.82) is 0 Å². The van der Waals surface area contributed by atoms with Crippen molar-refractivity contribution in [2.75, 3.05) is 5.32 Å². The molecule has 0 radical (unpaired) electrons. The molecule has 4 rings (SSSR count). The number of anilines is 1. The van der Waals surface area contributed by atoms with Gasteiger partial charge in [0.2, 0.25) is 5.82 Å². The van der Waals surface area contributed by atoms with E-state index in [-0.39, 0.29) is 5.91 Å². The molecule has 128 valence electrons. The topological polar surface area (TPSA) is 72.7 Å². The lowest BCUT2D eigenvalue weighted by Gasteiger charge is -2.06. The number of rotatable bonds is 5. The van der Waals surface area contributed by atoms with Gasteiger partial charge in [-0.25, -0.2) is 0 Å². The molecule has 26 heavy (non-hydrogen) atoms. The largest absolute Gasteiger partial charge is 0.322 e. The summed E-state index contributed by atoms with van der Waals surface area (Å²) in [6.07, 6.45) is 0. The van der Waals surface area contributed by atoms with Crippen LogP contribution in [-0.2, 0) is 6.54 Å². The summed E-state index contributed by atoms with van der Waals surface area (Å²) in [4.78, 5) is 13.8. The van der Waals surface area contributed by atoms with Gasteiger partial charge in [-0.15, -0.1) is 10.2 Å². The van der Waals surface area contributed by atoms with Crippen LogP contribution in [0.4, 0.5) is 5.69 Å². The van der Waals surface area contributed by atoms with Crippen molar-refractivity contribution in [2.45, 2.75) is 6.54 Å². The highest BCUT2D eigenvalue weighted by atomic mass is 32.1. The monoisotopic (exact) mass is 361 g/mol. The average Bonchev–Trinajstić information content (AvgIpc) is 3.35. The van der Waals surface area contributed by atoms with Gasteiger partial charge in [0.05, 0.1) is 6.54 Å². The highest BCUT2D eigenvalue weighted by Crippen LogP contribution is 2.17. The number of nitrogens with one attached hydrogen (secondary N) is 1. The molecule has 4 aromatic rings. The number of hydrogen-bond donors (Lipinski definition) is 1. The third-order valence-electron chi connectivity index (χ3n) is 3.80. The second kappa shape index (κ2) is 7.28. The number of aromatic nitrogens is 4. The normalized spacial score (nSPS) is 10.6. The molecule has 2 heterocycles. The van der Waals surface area contributed by atoms with Crippen LogP contribution in [0.3, 0.4) is 0 Å². The second-order valence-corrected chi connectivity index (χ2v) is 6.45. The van der Waals surface area contributed by atoms with E-state index in [2.05, 4.69) is 20.7 Å². The van der Waals surface area contributed by atoms with Crippen LogP contribution >= 0.6 is 11.3 Å². The Morgan fingerprint density at radius 1 is 1.04 bits per heavy atom. The Kier molecular flexibility index (Phi) is 4.53. The molecule has 7 heteroatoms. The van der Waals surface area contributed by atoms with Gasteiger partial charge in [-0.3, -0.25) is 4.79 Å². The molecule has 0 aliphatic heterocycles. The van der Waals surface area contributed by atoms with Gasteiger partial charge < -0.3 is 5.32 Å². The van der Waals surface area contributed by atoms with E-state index in [4.69, 9.17) is 0 Å². The summed E-state index contributed by atoms with van der Waals surface area (Å²) in [6, 6.07) is 18.7. The Hall–Kier alpha value is -3.32. The Bertz CT molecular complexity index is 994. The zero-order valence-corrected chi connectivity index (χ0v) is 14.6. The van der Waals surface area contributed by atoms with Crippen LogP contribution in [0.1, 0.15) is 15.9 Å². The van der Waals surface area contributed by atoms with Crippen molar-refractivity contribution in [3.63, 3.8) is 0 Å². The third kappa shape index (κ3) is 3.68. The van der Waals surface area contributed by atoms with Crippen LogP contribution in [-0.4, -0.2) is 26.1 Å². The van der Waals surface area contributed by atoms with Gasteiger partial charge >= 0.3 is 0 Å². The fourth-order valence-corrected chi connectivity index (χ4v) is 3.10. The number of hydrogen-bond acceptors (Lipinski definition) is 5. The van der Waals surface area contributed by atoms with Gasteiger partial charge in [0.15, 0.2) is 0 Å². The van der Waals surface area contributed by atoms with E-state index in [0.717, 1.165) is 16.8 Å². The highest BCUT2D eigenvalue weighted by Gasteiger charge is 2.08. The highest BCUT2D eigenvalue weighted by molar-refractivity contribution is 7.08. The number of para-hydroxylation sites is 1. The van der Waals surface area contributed by atoms with E-state index in [9.17, 15) is 4.79 Å². The van der Waals surface area contributed by atoms with E-state index in [1.807, 2.05) is 59.3 Å². The van der Waals surface area contributed by atoms with Gasteiger partial charge in [0, 0.05) is 22.2 Å². The number of carbonyl (C=O) groups is 1. The molecule has 0 aliphatic rings. The van der Waals surface area contributed by atoms with Crippen LogP contribution in [0, 0.1) is 0 Å². The quantitative estimate of drug-likeness (QED) is 0.588. The minimum absolute atomic E-state index is 0.138. The van der Waals surface area contributed by atoms with Crippen LogP contribution < -0.4 is 5.32 Å². The number of carbonyl (C=O) groups excluding carboxylic acids is 1. The molecule has 1 N–H and O–H groups in total. The number of nitrogens with zero attached hydrogens (tertiary/aromatic N) is 4. The summed E-state index contributed by atoms with van der Waals surface area (Å²) < 4.78 is 0. The molecule has 0 fully saturated rings. The van der Waals surface area contributed by atoms with Gasteiger partial charge in [0.25, 0.3) is 5.91 Å². The van der Waals surface area contributed by atoms with Crippen LogP contribution in [0.2, 0.25) is 0 Å². The first-order chi connectivity index (χ1) is 12.8. The summed E-state index contributed by atoms with van der Waals surface area (Å²) in [5, 5.41) is 19.4. The molecule has 0 spiro atoms. The first-order valence-corrected chi connectivity index (χ1v) is 8.98. The molecule has 0 unspecified atom stereocenters. The van der Waals surface area contributed by atoms with Crippen molar-refractivity contribution in [3.8, 4) is 11.4 Å². The minimum atomic E-state index is -0.138. The molecule has 0 aliphatic carbocycles. The van der Waals surface area contributed by atoms with Gasteiger partial charge in [-0.05, 0) is 46.5 Å². The van der Waals surface area contributed by atoms with E-state index < -0.39 is 0 Å². The summed E-state index contributed by atoms with van der Waals surface area (Å²) in [6.45, 7) is 0.498. The molecule has 2 aromatic carbocycles. The zero-order valence-electron chi connectivity index (χ0n) is 13.7. The van der Waals surface area contributed by atoms with Gasteiger partial charge in [0.1, 0.15) is 0 Å². The van der Waals surface area contributed by atoms with E-state index >= 15 is 0 Å². The van der Waals surface area contributed by atoms with E-state index in [1.165, 1.54) is 0 Å². The summed E-state index contributed by atoms with van der Waals surface area (Å²) in [5.41, 5.74) is 3.34. The third-order valence-corrected chi connectivity index (χ3v) is 4.49. The Morgan fingerprint density at radius 3 is 2.58 bits per heavy atom. The summed E-state index contributed by atoms with van der Waals surface area (Å²) in [5.74, 6) is 0.478. The number of thiophene rings is 1. The maximum atomic E-state index is 12.3. The van der Waals surface area contributed by atoms with Crippen LogP contribution in [0.15, 0.2) is 71.4 Å². The zero-order chi connectivity index (χ0) is 17.8. The summed E-state index contributed by atoms with van der Waals surface area (Å²) in [7, 11) is 0. The molecule has 0 saturated carbocycles. The first-order valence-electron chi connectivity index (χ1n) is 8.04. The summed E-state index contributed by atoms with van der Waals surface area (Å²) >= 11 is 1.60. The standard InChI is InChI=1S/C19H15N5OS/c25-19(20-17-4-2-1-3-5-17)15-8-6-14(7-9-15)12-24-22-18(21-23-24)16-10-11-26-13-16/h1-11,13H,12H2,(H,20,25). The maximum absolute atomic E-state index is 12.3. The number of benzene rings is 2. The molecule has 2 aromatic heterocycles. The molecular weight excluding hydrogens is 346 g/mol. The molecule has 1 amide bonds. The SMILES string of the molecule is O=C(Nc1ccccc1)c1ccc(Cn2nnc(-c3ccsc3)n2)cc1. The lowest BCUT2D eigenvalue weighted by Crippen LogP contribution is -2.12. The Labute approximate surface area is 154 Å². The predicted octanol–water partition coefficient (Wildman–Crippen LogP) is 3.70. The van der Waals surface area contributed by atoms with Gasteiger partial charge in [-0.2, -0.15) is 16.1 Å². The molecule has 0 bridgehead atoms. The Morgan fingerprint density at radius 2 is 1.85 bits per heavy atom. The Balaban J connectivity index is 1.42. The lowest BCUT2D eigenvalue weighted by molar-refractivity contribution is 0.102. The smallest absolute Gasteiger partial charge is 0.255 e. The van der Waals surface area contributed by atoms with Crippen molar-refractivity contribution in [2.24, 2.45) is 0 Å². The second-order valence-electron chi connectivity index (χ2n) is 5.67. The van der Waals surface area contributed by atoms with E-state index in [1.54, 1.807) is 28.3 Å². The fraction of sp³-hybridized carbons (Fsp3) is 0.0526. The van der Waals surface area contributed by atoms with Crippen molar-refractivity contribution >= 4 is 22.9 Å². The number of amides is 1. The van der Waals surface area contributed by atoms with Crippen molar-refractivity contribution in [3.05, 3.63) is 82.6 Å². The fourth-order valence-electron chi connectivity index (χ4n) is 2.47. The molecule has 0 atom stereocenters. The van der Waals surface area contributed by atoms with Crippen molar-refractivity contribution in [1.82, 2.24) is 20.2 Å². The van der Waals surface area contributed by atoms with E-state index in [0.29, 0.717) is 17.9 Å². The molecular formula is C19H15N5OS. The molecule has 6 nitrogen and oxygen atoms in total. The maximum Gasteiger partial charge on any atom is 0.255 e. The van der Waals surface area contributed by atoms with Crippen LogP contribution in [0.5, 0.6) is 0 Å². The predicted molar refractivity (Wildman–Crippen MR) is 101 cm³/mol.